The fraction of sp³-hybridized carbons (Fsp3) is 0.273. The van der Waals surface area contributed by atoms with Gasteiger partial charge in [-0.3, -0.25) is 4.79 Å². The van der Waals surface area contributed by atoms with Crippen molar-refractivity contribution in [2.75, 3.05) is 0 Å². The summed E-state index contributed by atoms with van der Waals surface area (Å²) >= 11 is 0. The van der Waals surface area contributed by atoms with Gasteiger partial charge in [0.05, 0.1) is 0 Å². The van der Waals surface area contributed by atoms with Crippen LogP contribution in [0.25, 0.3) is 6.08 Å². The van der Waals surface area contributed by atoms with E-state index in [2.05, 4.69) is 19.2 Å². The number of hydrogen-bond donors (Lipinski definition) is 2. The summed E-state index contributed by atoms with van der Waals surface area (Å²) in [6.45, 7) is 4.25. The van der Waals surface area contributed by atoms with Gasteiger partial charge in [-0.15, -0.1) is 0 Å². The first-order valence-corrected chi connectivity index (χ1v) is 8.81. The summed E-state index contributed by atoms with van der Waals surface area (Å²) in [7, 11) is 0. The fourth-order valence-corrected chi connectivity index (χ4v) is 3.20. The minimum atomic E-state index is -1.20. The third-order valence-corrected chi connectivity index (χ3v) is 4.92. The lowest BCUT2D eigenvalue weighted by molar-refractivity contribution is -0.142. The van der Waals surface area contributed by atoms with E-state index >= 15 is 0 Å². The molecule has 1 fully saturated rings. The quantitative estimate of drug-likeness (QED) is 0.776. The molecule has 2 atom stereocenters. The third-order valence-electron chi connectivity index (χ3n) is 4.92. The van der Waals surface area contributed by atoms with Crippen LogP contribution in [-0.2, 0) is 9.59 Å². The maximum Gasteiger partial charge on any atom is 0.330 e. The van der Waals surface area contributed by atoms with Gasteiger partial charge in [0.25, 0.3) is 0 Å². The summed E-state index contributed by atoms with van der Waals surface area (Å²) in [6.07, 6.45) is 3.51. The average molecular weight is 349 g/mol. The van der Waals surface area contributed by atoms with Crippen LogP contribution < -0.4 is 5.32 Å². The predicted octanol–water partition coefficient (Wildman–Crippen LogP) is 3.95. The lowest BCUT2D eigenvalue weighted by Gasteiger charge is -2.13. The molecule has 2 unspecified atom stereocenters. The Hall–Kier alpha value is -2.88. The second-order valence-electron chi connectivity index (χ2n) is 7.09. The smallest absolute Gasteiger partial charge is 0.330 e. The molecule has 0 radical (unpaired) electrons. The van der Waals surface area contributed by atoms with Gasteiger partial charge >= 0.3 is 5.97 Å². The van der Waals surface area contributed by atoms with Gasteiger partial charge in [-0.1, -0.05) is 68.4 Å². The number of carboxylic acids is 1. The van der Waals surface area contributed by atoms with Gasteiger partial charge in [0.1, 0.15) is 5.54 Å². The topological polar surface area (TPSA) is 66.4 Å². The molecule has 2 N–H and O–H groups in total. The van der Waals surface area contributed by atoms with Gasteiger partial charge in [0, 0.05) is 12.0 Å². The number of nitrogens with one attached hydrogen (secondary N) is 1. The minimum Gasteiger partial charge on any atom is -0.479 e. The van der Waals surface area contributed by atoms with E-state index in [-0.39, 0.29) is 5.92 Å². The molecule has 4 heteroatoms. The van der Waals surface area contributed by atoms with Crippen LogP contribution in [0.4, 0.5) is 0 Å². The molecule has 2 aromatic rings. The van der Waals surface area contributed by atoms with Crippen LogP contribution in [0.3, 0.4) is 0 Å². The van der Waals surface area contributed by atoms with Crippen LogP contribution >= 0.6 is 0 Å². The second-order valence-corrected chi connectivity index (χ2v) is 7.09. The van der Waals surface area contributed by atoms with Crippen LogP contribution in [0.2, 0.25) is 0 Å². The van der Waals surface area contributed by atoms with Gasteiger partial charge in [-0.25, -0.2) is 4.79 Å². The fourth-order valence-electron chi connectivity index (χ4n) is 3.20. The summed E-state index contributed by atoms with van der Waals surface area (Å²) in [5.74, 6) is -1.12. The van der Waals surface area contributed by atoms with Crippen LogP contribution in [0.5, 0.6) is 0 Å². The Balaban J connectivity index is 1.67. The van der Waals surface area contributed by atoms with E-state index in [0.717, 1.165) is 11.1 Å². The number of hydrogen-bond acceptors (Lipinski definition) is 2. The van der Waals surface area contributed by atoms with Crippen molar-refractivity contribution >= 4 is 18.0 Å². The van der Waals surface area contributed by atoms with E-state index in [1.807, 2.05) is 54.6 Å². The molecule has 134 valence electrons. The third kappa shape index (κ3) is 3.69. The van der Waals surface area contributed by atoms with E-state index in [1.54, 1.807) is 6.08 Å². The average Bonchev–Trinajstić information content (AvgIpc) is 3.36. The molecule has 0 aliphatic heterocycles. The van der Waals surface area contributed by atoms with Gasteiger partial charge < -0.3 is 10.4 Å². The van der Waals surface area contributed by atoms with E-state index in [1.165, 1.54) is 11.6 Å². The van der Waals surface area contributed by atoms with E-state index in [0.29, 0.717) is 12.3 Å². The minimum absolute atomic E-state index is 0.191. The zero-order valence-electron chi connectivity index (χ0n) is 15.0. The van der Waals surface area contributed by atoms with Crippen LogP contribution in [-0.4, -0.2) is 22.5 Å². The summed E-state index contributed by atoms with van der Waals surface area (Å²) in [4.78, 5) is 24.0. The molecular weight excluding hydrogens is 326 g/mol. The predicted molar refractivity (Wildman–Crippen MR) is 102 cm³/mol. The van der Waals surface area contributed by atoms with Crippen molar-refractivity contribution in [1.82, 2.24) is 5.32 Å². The Morgan fingerprint density at radius 1 is 1.12 bits per heavy atom. The standard InChI is InChI=1S/C22H23NO3/c1-15(2)17-11-8-16(9-12-17)10-13-20(24)23-22(21(25)26)14-19(22)18-6-4-3-5-7-18/h3-13,15,19H,14H2,1-2H3,(H,23,24)(H,25,26)/b13-10+. The number of rotatable bonds is 6. The molecule has 3 rings (SSSR count). The molecule has 26 heavy (non-hydrogen) atoms. The van der Waals surface area contributed by atoms with Crippen molar-refractivity contribution in [2.45, 2.75) is 37.6 Å². The Bertz CT molecular complexity index is 824. The van der Waals surface area contributed by atoms with Crippen molar-refractivity contribution in [3.05, 3.63) is 77.4 Å². The molecule has 1 amide bonds. The Morgan fingerprint density at radius 3 is 2.35 bits per heavy atom. The first-order chi connectivity index (χ1) is 12.4. The molecular formula is C22H23NO3. The highest BCUT2D eigenvalue weighted by Crippen LogP contribution is 2.51. The number of amides is 1. The second kappa shape index (κ2) is 7.16. The molecule has 0 aromatic heterocycles. The molecule has 1 aliphatic carbocycles. The lowest BCUT2D eigenvalue weighted by atomic mass is 10.0. The summed E-state index contributed by atoms with van der Waals surface area (Å²) < 4.78 is 0. The maximum absolute atomic E-state index is 12.3. The van der Waals surface area contributed by atoms with Crippen molar-refractivity contribution in [3.63, 3.8) is 0 Å². The van der Waals surface area contributed by atoms with Crippen molar-refractivity contribution in [2.24, 2.45) is 0 Å². The maximum atomic E-state index is 12.3. The molecule has 1 aliphatic rings. The van der Waals surface area contributed by atoms with Gasteiger partial charge in [-0.2, -0.15) is 0 Å². The highest BCUT2D eigenvalue weighted by molar-refractivity contribution is 5.98. The van der Waals surface area contributed by atoms with Crippen molar-refractivity contribution < 1.29 is 14.7 Å². The van der Waals surface area contributed by atoms with Gasteiger partial charge in [-0.05, 0) is 35.1 Å². The Kier molecular flexibility index (Phi) is 4.94. The summed E-state index contributed by atoms with van der Waals surface area (Å²) in [5.41, 5.74) is 1.87. The molecule has 0 saturated heterocycles. The first-order valence-electron chi connectivity index (χ1n) is 8.81. The van der Waals surface area contributed by atoms with E-state index < -0.39 is 17.4 Å². The van der Waals surface area contributed by atoms with E-state index in [4.69, 9.17) is 0 Å². The number of carbonyl (C=O) groups is 2. The molecule has 4 nitrogen and oxygen atoms in total. The Morgan fingerprint density at radius 2 is 1.77 bits per heavy atom. The molecule has 1 saturated carbocycles. The SMILES string of the molecule is CC(C)c1ccc(/C=C/C(=O)NC2(C(=O)O)CC2c2ccccc2)cc1. The molecule has 0 heterocycles. The monoisotopic (exact) mass is 349 g/mol. The Labute approximate surface area is 153 Å². The summed E-state index contributed by atoms with van der Waals surface area (Å²) in [5, 5.41) is 12.3. The molecule has 0 spiro atoms. The number of aliphatic carboxylic acids is 1. The lowest BCUT2D eigenvalue weighted by Crippen LogP contribution is -2.43. The van der Waals surface area contributed by atoms with Crippen LogP contribution in [0.1, 0.15) is 48.8 Å². The van der Waals surface area contributed by atoms with Crippen LogP contribution in [0, 0.1) is 0 Å². The summed E-state index contributed by atoms with van der Waals surface area (Å²) in [6, 6.07) is 17.4. The highest BCUT2D eigenvalue weighted by Gasteiger charge is 2.62. The van der Waals surface area contributed by atoms with Crippen molar-refractivity contribution in [1.29, 1.82) is 0 Å². The van der Waals surface area contributed by atoms with E-state index in [9.17, 15) is 14.7 Å². The normalized spacial score (nSPS) is 21.7. The number of benzene rings is 2. The van der Waals surface area contributed by atoms with Gasteiger partial charge in [0.2, 0.25) is 5.91 Å². The molecule has 2 aromatic carbocycles. The highest BCUT2D eigenvalue weighted by atomic mass is 16.4. The van der Waals surface area contributed by atoms with Crippen molar-refractivity contribution in [3.8, 4) is 0 Å². The van der Waals surface area contributed by atoms with Crippen LogP contribution in [0.15, 0.2) is 60.7 Å². The molecule has 0 bridgehead atoms. The number of carbonyl (C=O) groups excluding carboxylic acids is 1. The first kappa shape index (κ1) is 17.9. The largest absolute Gasteiger partial charge is 0.479 e. The zero-order valence-corrected chi connectivity index (χ0v) is 15.0. The number of carboxylic acid groups (broad SMARTS) is 1. The zero-order chi connectivity index (χ0) is 18.7. The van der Waals surface area contributed by atoms with Gasteiger partial charge in [0.15, 0.2) is 0 Å².